The monoisotopic (exact) mass is 620 g/mol. The first-order valence-corrected chi connectivity index (χ1v) is 18.6. The fraction of sp³-hybridized carbons (Fsp3) is 0.667. The molecule has 0 unspecified atom stereocenters. The highest BCUT2D eigenvalue weighted by atomic mass is 32.3. The van der Waals surface area contributed by atoms with Crippen molar-refractivity contribution in [3.63, 3.8) is 0 Å². The third kappa shape index (κ3) is 36.3. The Labute approximate surface area is 265 Å². The minimum absolute atomic E-state index is 1.24. The molecule has 7 heteroatoms. The van der Waals surface area contributed by atoms with E-state index in [0.717, 1.165) is 0 Å². The Morgan fingerprint density at radius 1 is 0.442 bits per heavy atom. The summed E-state index contributed by atoms with van der Waals surface area (Å²) in [5.41, 5.74) is 2.75. The first kappa shape index (κ1) is 41.2. The van der Waals surface area contributed by atoms with Crippen molar-refractivity contribution in [2.45, 2.75) is 142 Å². The van der Waals surface area contributed by atoms with Gasteiger partial charge in [0, 0.05) is 10.4 Å². The topological polar surface area (TPSA) is 113 Å². The van der Waals surface area contributed by atoms with Crippen LogP contribution in [0, 0.1) is 0 Å². The van der Waals surface area contributed by atoms with E-state index in [0.29, 0.717) is 0 Å². The summed E-state index contributed by atoms with van der Waals surface area (Å²) in [6.45, 7) is 7.04. The van der Waals surface area contributed by atoms with E-state index in [1.54, 1.807) is 0 Å². The van der Waals surface area contributed by atoms with E-state index in [9.17, 15) is 0 Å². The molecule has 6 nitrogen and oxygen atoms in total. The first-order valence-electron chi connectivity index (χ1n) is 17.3. The van der Waals surface area contributed by atoms with E-state index in [2.05, 4.69) is 85.1 Å². The lowest BCUT2D eigenvalue weighted by molar-refractivity contribution is -0.572. The predicted octanol–water partition coefficient (Wildman–Crippen LogP) is 8.27. The Morgan fingerprint density at radius 2 is 0.674 bits per heavy atom. The molecule has 0 aliphatic carbocycles. The van der Waals surface area contributed by atoms with Gasteiger partial charge in [0.15, 0.2) is 0 Å². The summed E-state index contributed by atoms with van der Waals surface area (Å²) < 4.78 is 34.1. The molecular formula is C36H64N2O4S. The average Bonchev–Trinajstić information content (AvgIpc) is 2.99. The lowest BCUT2D eigenvalue weighted by Gasteiger charge is -2.06. The Hall–Kier alpha value is -1.77. The second-order valence-corrected chi connectivity index (χ2v) is 12.4. The highest BCUT2D eigenvalue weighted by Gasteiger charge is 1.97. The van der Waals surface area contributed by atoms with Crippen molar-refractivity contribution in [1.29, 1.82) is 0 Å². The zero-order valence-corrected chi connectivity index (χ0v) is 28.3. The van der Waals surface area contributed by atoms with Crippen molar-refractivity contribution in [1.82, 2.24) is 0 Å². The van der Waals surface area contributed by atoms with E-state index in [1.807, 2.05) is 0 Å². The number of hydrogen-bond acceptors (Lipinski definition) is 4. The van der Waals surface area contributed by atoms with Crippen LogP contribution in [-0.4, -0.2) is 30.6 Å². The molecule has 0 aromatic heterocycles. The van der Waals surface area contributed by atoms with Crippen molar-refractivity contribution < 1.29 is 28.2 Å². The van der Waals surface area contributed by atoms with Crippen molar-refractivity contribution >= 4 is 21.8 Å². The van der Waals surface area contributed by atoms with Gasteiger partial charge in [0.2, 0.25) is 0 Å². The van der Waals surface area contributed by atoms with Gasteiger partial charge in [0.1, 0.15) is 11.4 Å². The van der Waals surface area contributed by atoms with E-state index >= 15 is 0 Å². The van der Waals surface area contributed by atoms with E-state index < -0.39 is 10.4 Å². The number of unbranched alkanes of at least 4 members (excludes halogenated alkanes) is 18. The smallest absolute Gasteiger partial charge is 0.129 e. The lowest BCUT2D eigenvalue weighted by Crippen LogP contribution is -2.77. The second kappa shape index (κ2) is 31.6. The summed E-state index contributed by atoms with van der Waals surface area (Å²) >= 11 is 0. The predicted molar refractivity (Wildman–Crippen MR) is 180 cm³/mol. The van der Waals surface area contributed by atoms with Gasteiger partial charge in [-0.15, -0.1) is 0 Å². The highest BCUT2D eigenvalue weighted by Crippen LogP contribution is 2.11. The molecule has 2 aromatic rings. The van der Waals surface area contributed by atoms with Crippen LogP contribution in [0.1, 0.15) is 142 Å². The van der Waals surface area contributed by atoms with Gasteiger partial charge in [-0.25, -0.2) is 0 Å². The summed E-state index contributed by atoms with van der Waals surface area (Å²) in [5, 5.41) is 4.73. The van der Waals surface area contributed by atoms with Gasteiger partial charge in [-0.2, -0.15) is 0 Å². The van der Waals surface area contributed by atoms with E-state index in [1.165, 1.54) is 153 Å². The largest absolute Gasteiger partial charge is 0.759 e. The molecule has 0 spiro atoms. The summed E-state index contributed by atoms with van der Waals surface area (Å²) in [7, 11) is -5.17. The van der Waals surface area contributed by atoms with Crippen LogP contribution < -0.4 is 10.6 Å². The zero-order chi connectivity index (χ0) is 31.7. The molecule has 0 amide bonds. The van der Waals surface area contributed by atoms with Crippen LogP contribution in [0.25, 0.3) is 0 Å². The van der Waals surface area contributed by atoms with Gasteiger partial charge in [-0.3, -0.25) is 8.42 Å². The maximum Gasteiger partial charge on any atom is 0.129 e. The number of para-hydroxylation sites is 2. The van der Waals surface area contributed by atoms with Gasteiger partial charge in [-0.05, 0) is 49.9 Å². The number of rotatable bonds is 24. The first-order chi connectivity index (χ1) is 20.9. The molecular weight excluding hydrogens is 556 g/mol. The summed E-state index contributed by atoms with van der Waals surface area (Å²) in [6.07, 6.45) is 28.4. The molecule has 0 heterocycles. The maximum absolute atomic E-state index is 8.52. The van der Waals surface area contributed by atoms with Crippen LogP contribution in [0.2, 0.25) is 0 Å². The van der Waals surface area contributed by atoms with Crippen molar-refractivity contribution in [3.05, 3.63) is 60.7 Å². The third-order valence-corrected chi connectivity index (χ3v) is 7.47. The van der Waals surface area contributed by atoms with Crippen LogP contribution >= 0.6 is 0 Å². The Kier molecular flexibility index (Phi) is 30.3. The molecule has 4 N–H and O–H groups in total. The van der Waals surface area contributed by atoms with Gasteiger partial charge in [0.25, 0.3) is 0 Å². The number of hydrogen-bond donors (Lipinski definition) is 2. The molecule has 0 bridgehead atoms. The van der Waals surface area contributed by atoms with Crippen molar-refractivity contribution in [3.8, 4) is 0 Å². The molecule has 0 radical (unpaired) electrons. The van der Waals surface area contributed by atoms with Crippen LogP contribution in [0.4, 0.5) is 11.4 Å². The Bertz CT molecular complexity index is 842. The molecule has 2 rings (SSSR count). The van der Waals surface area contributed by atoms with E-state index in [4.69, 9.17) is 17.5 Å². The Balaban J connectivity index is 0.000000709. The molecule has 0 fully saturated rings. The van der Waals surface area contributed by atoms with Crippen LogP contribution in [0.15, 0.2) is 60.7 Å². The van der Waals surface area contributed by atoms with Gasteiger partial charge >= 0.3 is 0 Å². The number of nitrogens with two attached hydrogens (primary N) is 2. The normalized spacial score (nSPS) is 10.9. The van der Waals surface area contributed by atoms with Crippen LogP contribution in [0.3, 0.4) is 0 Å². The van der Waals surface area contributed by atoms with Crippen LogP contribution in [-0.2, 0) is 10.4 Å². The van der Waals surface area contributed by atoms with Crippen molar-refractivity contribution in [2.24, 2.45) is 0 Å². The summed E-state index contributed by atoms with van der Waals surface area (Å²) in [6, 6.07) is 21.4. The average molecular weight is 621 g/mol. The van der Waals surface area contributed by atoms with Gasteiger partial charge in [0.05, 0.1) is 13.1 Å². The third-order valence-electron chi connectivity index (χ3n) is 7.47. The van der Waals surface area contributed by atoms with E-state index in [-0.39, 0.29) is 0 Å². The lowest BCUT2D eigenvalue weighted by atomic mass is 10.1. The highest BCUT2D eigenvalue weighted by molar-refractivity contribution is 7.79. The second-order valence-electron chi connectivity index (χ2n) is 11.6. The maximum atomic E-state index is 8.52. The molecule has 0 aliphatic heterocycles. The fourth-order valence-electron chi connectivity index (χ4n) is 4.98. The Morgan fingerprint density at radius 3 is 0.930 bits per heavy atom. The van der Waals surface area contributed by atoms with Gasteiger partial charge in [-0.1, -0.05) is 153 Å². The molecule has 0 atom stereocenters. The summed E-state index contributed by atoms with van der Waals surface area (Å²) in [5.74, 6) is 0. The molecule has 0 aliphatic rings. The molecule has 2 aromatic carbocycles. The van der Waals surface area contributed by atoms with Crippen LogP contribution in [0.5, 0.6) is 0 Å². The summed E-state index contributed by atoms with van der Waals surface area (Å²) in [4.78, 5) is 0. The molecule has 248 valence electrons. The minimum Gasteiger partial charge on any atom is -0.759 e. The number of benzene rings is 2. The fourth-order valence-corrected chi connectivity index (χ4v) is 4.98. The molecule has 0 saturated heterocycles. The molecule has 43 heavy (non-hydrogen) atoms. The standard InChI is InChI=1S/2C18H31N.H2O4S/c2*1-2-3-4-5-6-7-8-9-10-14-17-19-18-15-12-11-13-16-18;1-5(2,3)4/h2*11-13,15-16,19H,2-10,14,17H2,1H3;(H2,1,2,3,4). The number of quaternary nitrogens is 2. The zero-order valence-electron chi connectivity index (χ0n) is 27.5. The molecule has 0 saturated carbocycles. The SMILES string of the molecule is CCCCCCCCCCCC[NH2+]c1ccccc1.CCCCCCCCCCCC[NH2+]c1ccccc1.O=S(=O)([O-])[O-]. The van der Waals surface area contributed by atoms with Crippen molar-refractivity contribution in [2.75, 3.05) is 13.1 Å². The quantitative estimate of drug-likeness (QED) is 0.0532. The minimum atomic E-state index is -5.17. The van der Waals surface area contributed by atoms with Gasteiger partial charge < -0.3 is 19.7 Å².